The standard InChI is InChI=1S/C42H35ClN2O5/c1-4-25-13-15-29(16-14-25)44-38(47)32-18-17-31-33(35(32)40(44)49)22-34-39(48)45(30-12-8-11-28(43)21-30)41(50)42(34,27-9-6-5-7-10-27)36(31)26-19-23(2)37(46)24(3)20-26/h4-17,19-21,32-36,46H,1,18,22H2,2-3H3/t32-,33+,34-,35-,36-,42+/m0/s1. The van der Waals surface area contributed by atoms with Crippen LogP contribution in [0.3, 0.4) is 0 Å². The summed E-state index contributed by atoms with van der Waals surface area (Å²) in [6, 6.07) is 27.1. The molecule has 4 aromatic carbocycles. The number of aromatic hydroxyl groups is 1. The topological polar surface area (TPSA) is 95.0 Å². The zero-order valence-electron chi connectivity index (χ0n) is 27.7. The number of carbonyl (C=O) groups excluding carboxylic acids is 4. The average Bonchev–Trinajstić information content (AvgIpc) is 3.51. The minimum absolute atomic E-state index is 0.160. The number of benzene rings is 4. The fourth-order valence-electron chi connectivity index (χ4n) is 9.29. The van der Waals surface area contributed by atoms with Crippen LogP contribution >= 0.6 is 11.6 Å². The molecule has 4 aromatic rings. The van der Waals surface area contributed by atoms with E-state index >= 15 is 4.79 Å². The average molecular weight is 683 g/mol. The summed E-state index contributed by atoms with van der Waals surface area (Å²) in [5.74, 6) is -4.45. The summed E-state index contributed by atoms with van der Waals surface area (Å²) >= 11 is 6.41. The van der Waals surface area contributed by atoms with Crippen LogP contribution in [0.1, 0.15) is 46.6 Å². The molecule has 3 fully saturated rings. The van der Waals surface area contributed by atoms with Crippen LogP contribution < -0.4 is 9.80 Å². The molecule has 0 aromatic heterocycles. The Morgan fingerprint density at radius 2 is 1.50 bits per heavy atom. The van der Waals surface area contributed by atoms with E-state index in [-0.39, 0.29) is 35.8 Å². The summed E-state index contributed by atoms with van der Waals surface area (Å²) in [4.78, 5) is 61.4. The number of allylic oxidation sites excluding steroid dienone is 2. The number of phenols is 1. The third-order valence-electron chi connectivity index (χ3n) is 11.4. The number of nitrogens with zero attached hydrogens (tertiary/aromatic N) is 2. The fraction of sp³-hybridized carbons (Fsp3) is 0.238. The number of amides is 4. The minimum atomic E-state index is -1.38. The molecule has 250 valence electrons. The molecule has 4 aliphatic rings. The maximum atomic E-state index is 15.4. The molecule has 2 aliphatic carbocycles. The molecule has 0 radical (unpaired) electrons. The van der Waals surface area contributed by atoms with Gasteiger partial charge in [0.2, 0.25) is 23.6 Å². The lowest BCUT2D eigenvalue weighted by atomic mass is 9.49. The Balaban J connectivity index is 1.35. The molecule has 2 saturated heterocycles. The van der Waals surface area contributed by atoms with E-state index in [1.54, 1.807) is 42.5 Å². The second-order valence-electron chi connectivity index (χ2n) is 13.9. The Hall–Kier alpha value is -5.27. The Morgan fingerprint density at radius 3 is 2.16 bits per heavy atom. The van der Waals surface area contributed by atoms with E-state index in [1.807, 2.05) is 74.5 Å². The summed E-state index contributed by atoms with van der Waals surface area (Å²) in [7, 11) is 0. The first-order valence-corrected chi connectivity index (χ1v) is 17.3. The monoisotopic (exact) mass is 682 g/mol. The normalized spacial score (nSPS) is 27.2. The highest BCUT2D eigenvalue weighted by atomic mass is 35.5. The summed E-state index contributed by atoms with van der Waals surface area (Å²) in [5, 5.41) is 11.2. The summed E-state index contributed by atoms with van der Waals surface area (Å²) in [6.07, 6.45) is 4.28. The first-order valence-electron chi connectivity index (χ1n) is 16.9. The number of aryl methyl sites for hydroxylation is 2. The molecular weight excluding hydrogens is 648 g/mol. The number of halogens is 1. The molecule has 0 bridgehead atoms. The zero-order valence-corrected chi connectivity index (χ0v) is 28.4. The number of carbonyl (C=O) groups is 4. The molecule has 1 N–H and O–H groups in total. The molecule has 7 nitrogen and oxygen atoms in total. The number of hydrogen-bond donors (Lipinski definition) is 1. The van der Waals surface area contributed by atoms with Crippen molar-refractivity contribution in [2.75, 3.05) is 9.80 Å². The lowest BCUT2D eigenvalue weighted by Gasteiger charge is -2.51. The van der Waals surface area contributed by atoms with Gasteiger partial charge in [-0.2, -0.15) is 0 Å². The van der Waals surface area contributed by atoms with Gasteiger partial charge in [0.05, 0.1) is 34.5 Å². The van der Waals surface area contributed by atoms with Gasteiger partial charge in [0.1, 0.15) is 5.75 Å². The maximum Gasteiger partial charge on any atom is 0.246 e. The zero-order chi connectivity index (χ0) is 35.1. The molecule has 2 aliphatic heterocycles. The lowest BCUT2D eigenvalue weighted by Crippen LogP contribution is -2.53. The van der Waals surface area contributed by atoms with Crippen LogP contribution in [0.2, 0.25) is 5.02 Å². The molecule has 50 heavy (non-hydrogen) atoms. The fourth-order valence-corrected chi connectivity index (χ4v) is 9.47. The van der Waals surface area contributed by atoms with Crippen LogP contribution in [-0.4, -0.2) is 28.7 Å². The second kappa shape index (κ2) is 11.7. The molecule has 1 saturated carbocycles. The summed E-state index contributed by atoms with van der Waals surface area (Å²) in [5.41, 5.74) is 3.98. The molecule has 0 spiro atoms. The number of imide groups is 2. The van der Waals surface area contributed by atoms with Crippen molar-refractivity contribution in [3.63, 3.8) is 0 Å². The molecule has 2 heterocycles. The summed E-state index contributed by atoms with van der Waals surface area (Å²) in [6.45, 7) is 7.44. The van der Waals surface area contributed by atoms with Gasteiger partial charge in [0.25, 0.3) is 0 Å². The van der Waals surface area contributed by atoms with Crippen LogP contribution in [0.5, 0.6) is 5.75 Å². The SMILES string of the molecule is C=Cc1ccc(N2C(=O)[C@H]3[C@H](CC=C4[C@H]3C[C@H]3C(=O)N(c5cccc(Cl)c5)C(=O)[C@@]3(c3ccccc3)[C@H]4c3cc(C)c(O)c(C)c3)C2=O)cc1. The van der Waals surface area contributed by atoms with Crippen molar-refractivity contribution < 1.29 is 24.3 Å². The first kappa shape index (κ1) is 32.0. The van der Waals surface area contributed by atoms with Gasteiger partial charge in [-0.1, -0.05) is 96.6 Å². The van der Waals surface area contributed by atoms with Gasteiger partial charge in [-0.05, 0) is 90.8 Å². The predicted molar refractivity (Wildman–Crippen MR) is 193 cm³/mol. The lowest BCUT2D eigenvalue weighted by molar-refractivity contribution is -0.127. The molecular formula is C42H35ClN2O5. The Kier molecular flexibility index (Phi) is 7.46. The van der Waals surface area contributed by atoms with Gasteiger partial charge >= 0.3 is 0 Å². The van der Waals surface area contributed by atoms with E-state index < -0.39 is 35.0 Å². The third kappa shape index (κ3) is 4.42. The van der Waals surface area contributed by atoms with Gasteiger partial charge < -0.3 is 5.11 Å². The predicted octanol–water partition coefficient (Wildman–Crippen LogP) is 7.67. The molecule has 6 atom stereocenters. The molecule has 0 unspecified atom stereocenters. The van der Waals surface area contributed by atoms with E-state index in [0.717, 1.165) is 16.7 Å². The first-order chi connectivity index (χ1) is 24.1. The highest BCUT2D eigenvalue weighted by Gasteiger charge is 2.70. The number of rotatable bonds is 5. The van der Waals surface area contributed by atoms with Crippen LogP contribution in [-0.2, 0) is 24.6 Å². The van der Waals surface area contributed by atoms with Gasteiger partial charge in [0.15, 0.2) is 0 Å². The van der Waals surface area contributed by atoms with E-state index in [4.69, 9.17) is 11.6 Å². The Morgan fingerprint density at radius 1 is 0.800 bits per heavy atom. The number of phenolic OH excluding ortho intramolecular Hbond substituents is 1. The Labute approximate surface area is 295 Å². The Bertz CT molecular complexity index is 2140. The van der Waals surface area contributed by atoms with E-state index in [0.29, 0.717) is 39.5 Å². The van der Waals surface area contributed by atoms with Crippen LogP contribution in [0.25, 0.3) is 6.08 Å². The van der Waals surface area contributed by atoms with Crippen molar-refractivity contribution in [3.8, 4) is 5.75 Å². The van der Waals surface area contributed by atoms with Gasteiger partial charge in [0, 0.05) is 10.9 Å². The van der Waals surface area contributed by atoms with E-state index in [2.05, 4.69) is 6.58 Å². The second-order valence-corrected chi connectivity index (χ2v) is 14.3. The smallest absolute Gasteiger partial charge is 0.246 e. The molecule has 4 amide bonds. The van der Waals surface area contributed by atoms with Crippen molar-refractivity contribution in [2.24, 2.45) is 23.7 Å². The third-order valence-corrected chi connectivity index (χ3v) is 11.6. The van der Waals surface area contributed by atoms with Crippen LogP contribution in [0.4, 0.5) is 11.4 Å². The van der Waals surface area contributed by atoms with Crippen LogP contribution in [0.15, 0.2) is 109 Å². The number of fused-ring (bicyclic) bond motifs is 4. The quantitative estimate of drug-likeness (QED) is 0.172. The van der Waals surface area contributed by atoms with Gasteiger partial charge in [-0.15, -0.1) is 0 Å². The van der Waals surface area contributed by atoms with Gasteiger partial charge in [-0.25, -0.2) is 4.90 Å². The molecule has 8 heteroatoms. The largest absolute Gasteiger partial charge is 0.507 e. The van der Waals surface area contributed by atoms with Crippen molar-refractivity contribution in [1.82, 2.24) is 0 Å². The molecule has 8 rings (SSSR count). The van der Waals surface area contributed by atoms with Crippen molar-refractivity contribution in [1.29, 1.82) is 0 Å². The number of hydrogen-bond acceptors (Lipinski definition) is 5. The summed E-state index contributed by atoms with van der Waals surface area (Å²) < 4.78 is 0. The van der Waals surface area contributed by atoms with Crippen molar-refractivity contribution in [2.45, 2.75) is 38.0 Å². The van der Waals surface area contributed by atoms with Crippen molar-refractivity contribution in [3.05, 3.63) is 142 Å². The van der Waals surface area contributed by atoms with Gasteiger partial charge in [-0.3, -0.25) is 24.1 Å². The van der Waals surface area contributed by atoms with Crippen LogP contribution in [0, 0.1) is 37.5 Å². The van der Waals surface area contributed by atoms with E-state index in [9.17, 15) is 19.5 Å². The van der Waals surface area contributed by atoms with Crippen molar-refractivity contribution >= 4 is 52.7 Å². The minimum Gasteiger partial charge on any atom is -0.507 e. The highest BCUT2D eigenvalue weighted by molar-refractivity contribution is 6.32. The van der Waals surface area contributed by atoms with E-state index in [1.165, 1.54) is 9.80 Å². The number of anilines is 2. The highest BCUT2D eigenvalue weighted by Crippen LogP contribution is 2.64. The maximum absolute atomic E-state index is 15.4.